The van der Waals surface area contributed by atoms with Crippen molar-refractivity contribution in [1.82, 2.24) is 10.2 Å². The summed E-state index contributed by atoms with van der Waals surface area (Å²) in [6.45, 7) is 11.8. The van der Waals surface area contributed by atoms with Gasteiger partial charge in [-0.05, 0) is 132 Å². The summed E-state index contributed by atoms with van der Waals surface area (Å²) in [6, 6.07) is 0.378. The predicted molar refractivity (Wildman–Crippen MR) is 155 cm³/mol. The summed E-state index contributed by atoms with van der Waals surface area (Å²) in [5, 5.41) is 13.4. The molecule has 6 heteroatoms. The minimum Gasteiger partial charge on any atom is -0.393 e. The number of hydrogen-bond acceptors (Lipinski definition) is 5. The fraction of sp³-hybridized carbons (Fsp3) is 0.875. The van der Waals surface area contributed by atoms with E-state index in [4.69, 9.17) is 4.74 Å². The van der Waals surface area contributed by atoms with Crippen molar-refractivity contribution in [1.29, 1.82) is 0 Å². The van der Waals surface area contributed by atoms with Gasteiger partial charge in [0.1, 0.15) is 0 Å². The Bertz CT molecular complexity index is 885. The van der Waals surface area contributed by atoms with E-state index in [2.05, 4.69) is 56.2 Å². The number of nitrogens with zero attached hydrogens (tertiary/aromatic N) is 2. The molecule has 0 heterocycles. The Morgan fingerprint density at radius 3 is 2.74 bits per heavy atom. The van der Waals surface area contributed by atoms with Crippen molar-refractivity contribution in [3.8, 4) is 0 Å². The number of ether oxygens (including phenoxy) is 1. The number of amidine groups is 1. The lowest BCUT2D eigenvalue weighted by Crippen LogP contribution is -2.50. The Labute approximate surface area is 232 Å². The van der Waals surface area contributed by atoms with Crippen LogP contribution in [0.2, 0.25) is 0 Å². The lowest BCUT2D eigenvalue weighted by Gasteiger charge is -2.58. The molecule has 3 fully saturated rings. The molecule has 0 bridgehead atoms. The Hall–Kier alpha value is -1.40. The van der Waals surface area contributed by atoms with Crippen LogP contribution in [0.4, 0.5) is 0 Å². The van der Waals surface area contributed by atoms with E-state index in [-0.39, 0.29) is 12.1 Å². The van der Waals surface area contributed by atoms with Crippen LogP contribution in [0, 0.1) is 40.4 Å². The van der Waals surface area contributed by atoms with Crippen LogP contribution < -0.4 is 5.32 Å². The second-order valence-corrected chi connectivity index (χ2v) is 13.7. The predicted octanol–water partition coefficient (Wildman–Crippen LogP) is 5.80. The topological polar surface area (TPSA) is 74.2 Å². The summed E-state index contributed by atoms with van der Waals surface area (Å²) < 4.78 is 5.64. The number of allylic oxidation sites excluding steroid dienone is 1. The van der Waals surface area contributed by atoms with Crippen LogP contribution in [0.15, 0.2) is 16.6 Å². The van der Waals surface area contributed by atoms with E-state index in [1.807, 2.05) is 6.92 Å². The number of rotatable bonds is 9. The highest BCUT2D eigenvalue weighted by molar-refractivity contribution is 5.87. The van der Waals surface area contributed by atoms with Gasteiger partial charge in [0.05, 0.1) is 6.10 Å². The highest BCUT2D eigenvalue weighted by Gasteiger charge is 2.59. The molecule has 216 valence electrons. The maximum absolute atomic E-state index is 12.8. The molecule has 6 nitrogen and oxygen atoms in total. The number of aliphatic imine (C=N–C) groups is 1. The van der Waals surface area contributed by atoms with Crippen molar-refractivity contribution in [2.75, 3.05) is 33.7 Å². The van der Waals surface area contributed by atoms with Crippen LogP contribution in [0.25, 0.3) is 0 Å². The quantitative estimate of drug-likeness (QED) is 0.130. The molecule has 3 saturated carbocycles. The molecule has 4 aliphatic rings. The number of carbonyl (C=O) groups excluding carboxylic acids is 1. The number of nitrogens with one attached hydrogen (secondary N) is 1. The van der Waals surface area contributed by atoms with Crippen molar-refractivity contribution in [2.24, 2.45) is 45.4 Å². The summed E-state index contributed by atoms with van der Waals surface area (Å²) in [5.74, 6) is 3.39. The Morgan fingerprint density at radius 2 is 2.00 bits per heavy atom. The third kappa shape index (κ3) is 6.16. The largest absolute Gasteiger partial charge is 0.393 e. The molecule has 4 aliphatic carbocycles. The van der Waals surface area contributed by atoms with Gasteiger partial charge in [0.2, 0.25) is 0 Å². The number of esters is 1. The second-order valence-electron chi connectivity index (χ2n) is 13.7. The van der Waals surface area contributed by atoms with Crippen LogP contribution in [0.3, 0.4) is 0 Å². The third-order valence-corrected chi connectivity index (χ3v) is 11.2. The van der Waals surface area contributed by atoms with Crippen LogP contribution in [-0.4, -0.2) is 61.8 Å². The van der Waals surface area contributed by atoms with Gasteiger partial charge < -0.3 is 20.1 Å². The van der Waals surface area contributed by atoms with Crippen molar-refractivity contribution in [2.45, 2.75) is 104 Å². The van der Waals surface area contributed by atoms with E-state index in [0.717, 1.165) is 56.4 Å². The first kappa shape index (κ1) is 29.6. The monoisotopic (exact) mass is 529 g/mol. The van der Waals surface area contributed by atoms with E-state index in [1.165, 1.54) is 32.1 Å². The molecule has 0 aliphatic heterocycles. The van der Waals surface area contributed by atoms with Crippen molar-refractivity contribution in [3.05, 3.63) is 11.6 Å². The molecule has 4 rings (SSSR count). The molecule has 8 atom stereocenters. The van der Waals surface area contributed by atoms with Gasteiger partial charge in [0.15, 0.2) is 0 Å². The van der Waals surface area contributed by atoms with Crippen molar-refractivity contribution in [3.63, 3.8) is 0 Å². The first-order valence-electron chi connectivity index (χ1n) is 15.6. The molecule has 0 spiro atoms. The SMILES string of the molecule is CCNC(=NCCCN(C)C)OC(=O)CC[C@@H](C)[C@H]1CC[C@H]2[C@@H]3CC=C4C[C@H](O)CC[C@]4(C)[C@H]3CC[C@]12C. The Kier molecular flexibility index (Phi) is 9.66. The zero-order valence-corrected chi connectivity index (χ0v) is 25.1. The minimum absolute atomic E-state index is 0.133. The molecule has 38 heavy (non-hydrogen) atoms. The summed E-state index contributed by atoms with van der Waals surface area (Å²) in [4.78, 5) is 19.4. The normalized spacial score (nSPS) is 37.6. The highest BCUT2D eigenvalue weighted by Crippen LogP contribution is 2.67. The molecule has 0 amide bonds. The van der Waals surface area contributed by atoms with Gasteiger partial charge in [-0.25, -0.2) is 4.99 Å². The van der Waals surface area contributed by atoms with Crippen LogP contribution in [-0.2, 0) is 9.53 Å². The van der Waals surface area contributed by atoms with Gasteiger partial charge in [-0.2, -0.15) is 0 Å². The molecule has 0 radical (unpaired) electrons. The number of fused-ring (bicyclic) bond motifs is 5. The van der Waals surface area contributed by atoms with Gasteiger partial charge in [-0.15, -0.1) is 0 Å². The van der Waals surface area contributed by atoms with E-state index in [0.29, 0.717) is 48.2 Å². The number of carbonyl (C=O) groups is 1. The van der Waals surface area contributed by atoms with E-state index in [1.54, 1.807) is 5.57 Å². The van der Waals surface area contributed by atoms with E-state index < -0.39 is 0 Å². The zero-order valence-electron chi connectivity index (χ0n) is 25.1. The first-order valence-corrected chi connectivity index (χ1v) is 15.6. The van der Waals surface area contributed by atoms with Crippen LogP contribution >= 0.6 is 0 Å². The maximum atomic E-state index is 12.8. The third-order valence-electron chi connectivity index (χ3n) is 11.2. The van der Waals surface area contributed by atoms with Gasteiger partial charge in [-0.1, -0.05) is 32.4 Å². The average molecular weight is 530 g/mol. The zero-order chi connectivity index (χ0) is 27.5. The number of hydrogen-bond donors (Lipinski definition) is 2. The average Bonchev–Trinajstić information content (AvgIpc) is 3.23. The fourth-order valence-electron chi connectivity index (χ4n) is 9.17. The minimum atomic E-state index is -0.162. The summed E-state index contributed by atoms with van der Waals surface area (Å²) in [5.41, 5.74) is 2.24. The highest BCUT2D eigenvalue weighted by atomic mass is 16.6. The molecule has 0 saturated heterocycles. The first-order chi connectivity index (χ1) is 18.1. The molecule has 0 aromatic heterocycles. The Balaban J connectivity index is 1.33. The molecular weight excluding hydrogens is 474 g/mol. The lowest BCUT2D eigenvalue weighted by molar-refractivity contribution is -0.136. The lowest BCUT2D eigenvalue weighted by atomic mass is 9.47. The van der Waals surface area contributed by atoms with Crippen LogP contribution in [0.5, 0.6) is 0 Å². The number of aliphatic hydroxyl groups excluding tert-OH is 1. The Morgan fingerprint density at radius 1 is 1.21 bits per heavy atom. The van der Waals surface area contributed by atoms with Gasteiger partial charge in [-0.3, -0.25) is 4.79 Å². The molecule has 2 N–H and O–H groups in total. The molecule has 0 aromatic rings. The van der Waals surface area contributed by atoms with Gasteiger partial charge in [0, 0.05) is 19.5 Å². The van der Waals surface area contributed by atoms with E-state index in [9.17, 15) is 9.90 Å². The van der Waals surface area contributed by atoms with Crippen molar-refractivity contribution < 1.29 is 14.6 Å². The molecule has 0 unspecified atom stereocenters. The van der Waals surface area contributed by atoms with Gasteiger partial charge >= 0.3 is 5.97 Å². The van der Waals surface area contributed by atoms with E-state index >= 15 is 0 Å². The van der Waals surface area contributed by atoms with Crippen LogP contribution in [0.1, 0.15) is 98.3 Å². The van der Waals surface area contributed by atoms with Crippen molar-refractivity contribution >= 4 is 12.0 Å². The second kappa shape index (κ2) is 12.4. The molecule has 0 aromatic carbocycles. The number of aliphatic hydroxyl groups is 1. The molecular formula is C32H55N3O3. The summed E-state index contributed by atoms with van der Waals surface area (Å²) in [6.07, 6.45) is 14.2. The summed E-state index contributed by atoms with van der Waals surface area (Å²) >= 11 is 0. The smallest absolute Gasteiger partial charge is 0.313 e. The van der Waals surface area contributed by atoms with Gasteiger partial charge in [0.25, 0.3) is 6.02 Å². The summed E-state index contributed by atoms with van der Waals surface area (Å²) in [7, 11) is 4.11. The fourth-order valence-corrected chi connectivity index (χ4v) is 9.17. The standard InChI is InChI=1S/C32H55N3O3/c1-7-33-30(34-19-8-20-35(5)6)38-29(37)14-9-22(2)26-12-13-27-25-11-10-23-21-24(36)15-17-31(23,3)28(25)16-18-32(26,27)4/h10,22,24-28,36H,7-9,11-21H2,1-6H3,(H,33,34)/t22-,24-,25+,26-,27+,28+,31+,32-/m1/s1. The maximum Gasteiger partial charge on any atom is 0.313 e.